The summed E-state index contributed by atoms with van der Waals surface area (Å²) in [4.78, 5) is 11.6. The summed E-state index contributed by atoms with van der Waals surface area (Å²) in [6.07, 6.45) is 7.20. The molecule has 0 saturated carbocycles. The van der Waals surface area contributed by atoms with E-state index >= 15 is 0 Å². The Morgan fingerprint density at radius 1 is 1.37 bits per heavy atom. The van der Waals surface area contributed by atoms with Crippen molar-refractivity contribution in [1.29, 1.82) is 0 Å². The van der Waals surface area contributed by atoms with Crippen LogP contribution in [-0.2, 0) is 16.1 Å². The lowest BCUT2D eigenvalue weighted by Gasteiger charge is -2.10. The number of esters is 1. The first-order valence-electron chi connectivity index (χ1n) is 5.97. The third-order valence-electron chi connectivity index (χ3n) is 2.47. The first-order chi connectivity index (χ1) is 9.22. The van der Waals surface area contributed by atoms with Crippen LogP contribution in [0, 0.1) is 0 Å². The van der Waals surface area contributed by atoms with Gasteiger partial charge in [-0.25, -0.2) is 4.79 Å². The number of methoxy groups -OCH3 is 1. The Labute approximate surface area is 113 Å². The van der Waals surface area contributed by atoms with E-state index in [2.05, 4.69) is 6.58 Å². The van der Waals surface area contributed by atoms with Crippen molar-refractivity contribution in [3.8, 4) is 0 Å². The van der Waals surface area contributed by atoms with E-state index in [1.54, 1.807) is 18.2 Å². The number of rotatable bonds is 6. The molecule has 0 N–H and O–H groups in total. The van der Waals surface area contributed by atoms with Crippen LogP contribution in [0.25, 0.3) is 0 Å². The van der Waals surface area contributed by atoms with Crippen LogP contribution in [0.2, 0.25) is 0 Å². The van der Waals surface area contributed by atoms with Gasteiger partial charge in [0.1, 0.15) is 12.4 Å². The molecule has 0 saturated heterocycles. The number of hydrogen-bond donors (Lipinski definition) is 0. The van der Waals surface area contributed by atoms with Gasteiger partial charge in [0.25, 0.3) is 0 Å². The van der Waals surface area contributed by atoms with Gasteiger partial charge in [-0.2, -0.15) is 0 Å². The molecule has 1 aromatic carbocycles. The lowest BCUT2D eigenvalue weighted by Crippen LogP contribution is -2.06. The predicted octanol–water partition coefficient (Wildman–Crippen LogP) is 3.64. The van der Waals surface area contributed by atoms with E-state index in [0.29, 0.717) is 17.9 Å². The Bertz CT molecular complexity index is 498. The van der Waals surface area contributed by atoms with Gasteiger partial charge in [-0.15, -0.1) is 0 Å². The van der Waals surface area contributed by atoms with Crippen molar-refractivity contribution in [1.82, 2.24) is 0 Å². The molecule has 0 amide bonds. The smallest absolute Gasteiger partial charge is 0.338 e. The van der Waals surface area contributed by atoms with Crippen molar-refractivity contribution < 1.29 is 14.3 Å². The summed E-state index contributed by atoms with van der Waals surface area (Å²) in [6, 6.07) is 7.20. The van der Waals surface area contributed by atoms with Crippen LogP contribution in [0.1, 0.15) is 22.8 Å². The quantitative estimate of drug-likeness (QED) is 0.444. The average Bonchev–Trinajstić information content (AvgIpc) is 2.47. The minimum absolute atomic E-state index is 0.292. The van der Waals surface area contributed by atoms with E-state index in [1.807, 2.05) is 37.3 Å². The summed E-state index contributed by atoms with van der Waals surface area (Å²) in [5.41, 5.74) is 1.29. The summed E-state index contributed by atoms with van der Waals surface area (Å²) in [5, 5.41) is 0. The monoisotopic (exact) mass is 258 g/mol. The summed E-state index contributed by atoms with van der Waals surface area (Å²) < 4.78 is 10.3. The molecule has 3 heteroatoms. The van der Waals surface area contributed by atoms with E-state index in [4.69, 9.17) is 9.47 Å². The second kappa shape index (κ2) is 7.93. The Morgan fingerprint density at radius 3 is 2.74 bits per heavy atom. The maximum Gasteiger partial charge on any atom is 0.338 e. The maximum atomic E-state index is 11.6. The highest BCUT2D eigenvalue weighted by Gasteiger charge is 2.11. The van der Waals surface area contributed by atoms with Crippen molar-refractivity contribution in [3.05, 3.63) is 72.0 Å². The summed E-state index contributed by atoms with van der Waals surface area (Å²) in [5.74, 6) is 0.287. The molecule has 0 fully saturated rings. The van der Waals surface area contributed by atoms with Gasteiger partial charge in [-0.3, -0.25) is 0 Å². The highest BCUT2D eigenvalue weighted by atomic mass is 16.5. The van der Waals surface area contributed by atoms with E-state index in [1.165, 1.54) is 7.11 Å². The Morgan fingerprint density at radius 2 is 2.11 bits per heavy atom. The second-order valence-electron chi connectivity index (χ2n) is 3.74. The van der Waals surface area contributed by atoms with Crippen molar-refractivity contribution in [2.24, 2.45) is 0 Å². The molecule has 100 valence electrons. The summed E-state index contributed by atoms with van der Waals surface area (Å²) in [7, 11) is 1.36. The predicted molar refractivity (Wildman–Crippen MR) is 75.7 cm³/mol. The van der Waals surface area contributed by atoms with Crippen molar-refractivity contribution in [3.63, 3.8) is 0 Å². The molecule has 0 heterocycles. The lowest BCUT2D eigenvalue weighted by atomic mass is 10.1. The zero-order valence-corrected chi connectivity index (χ0v) is 11.3. The van der Waals surface area contributed by atoms with Crippen molar-refractivity contribution in [2.75, 3.05) is 7.11 Å². The molecule has 0 aliphatic heterocycles. The highest BCUT2D eigenvalue weighted by molar-refractivity contribution is 5.90. The Balaban J connectivity index is 2.82. The molecule has 0 aromatic heterocycles. The highest BCUT2D eigenvalue weighted by Crippen LogP contribution is 2.13. The number of allylic oxidation sites excluding steroid dienone is 4. The van der Waals surface area contributed by atoms with Gasteiger partial charge < -0.3 is 9.47 Å². The molecule has 0 aliphatic rings. The molecule has 0 unspecified atom stereocenters. The number of carbonyl (C=O) groups excluding carboxylic acids is 1. The molecule has 0 atom stereocenters. The van der Waals surface area contributed by atoms with Crippen molar-refractivity contribution >= 4 is 5.97 Å². The van der Waals surface area contributed by atoms with E-state index in [-0.39, 0.29) is 5.97 Å². The van der Waals surface area contributed by atoms with E-state index < -0.39 is 0 Å². The zero-order chi connectivity index (χ0) is 14.1. The standard InChI is InChI=1S/C16H18O3/c1-4-6-10-14(5-2)19-12-13-9-7-8-11-15(13)16(17)18-3/h4-11H,2,12H2,1,3H3/b6-4-,14-10+. The Hall–Kier alpha value is -2.29. The third kappa shape index (κ3) is 4.47. The minimum atomic E-state index is -0.364. The molecule has 0 bridgehead atoms. The fraction of sp³-hybridized carbons (Fsp3) is 0.188. The van der Waals surface area contributed by atoms with Crippen LogP contribution in [0.15, 0.2) is 60.9 Å². The summed E-state index contributed by atoms with van der Waals surface area (Å²) in [6.45, 7) is 5.89. The van der Waals surface area contributed by atoms with Crippen LogP contribution >= 0.6 is 0 Å². The number of benzene rings is 1. The number of carbonyl (C=O) groups is 1. The minimum Gasteiger partial charge on any atom is -0.489 e. The average molecular weight is 258 g/mol. The van der Waals surface area contributed by atoms with Crippen LogP contribution in [-0.4, -0.2) is 13.1 Å². The molecule has 19 heavy (non-hydrogen) atoms. The molecule has 0 spiro atoms. The maximum absolute atomic E-state index is 11.6. The topological polar surface area (TPSA) is 35.5 Å². The van der Waals surface area contributed by atoms with Gasteiger partial charge >= 0.3 is 5.97 Å². The third-order valence-corrected chi connectivity index (χ3v) is 2.47. The van der Waals surface area contributed by atoms with Gasteiger partial charge in [-0.1, -0.05) is 36.9 Å². The second-order valence-corrected chi connectivity index (χ2v) is 3.74. The summed E-state index contributed by atoms with van der Waals surface area (Å²) >= 11 is 0. The molecular formula is C16H18O3. The van der Waals surface area contributed by atoms with E-state index in [9.17, 15) is 4.79 Å². The van der Waals surface area contributed by atoms with E-state index in [0.717, 1.165) is 5.56 Å². The fourth-order valence-electron chi connectivity index (χ4n) is 1.48. The molecule has 0 radical (unpaired) electrons. The Kier molecular flexibility index (Phi) is 6.16. The zero-order valence-electron chi connectivity index (χ0n) is 11.3. The van der Waals surface area contributed by atoms with Crippen LogP contribution in [0.5, 0.6) is 0 Å². The van der Waals surface area contributed by atoms with Crippen LogP contribution in [0.3, 0.4) is 0 Å². The largest absolute Gasteiger partial charge is 0.489 e. The van der Waals surface area contributed by atoms with Gasteiger partial charge in [-0.05, 0) is 25.1 Å². The molecule has 1 rings (SSSR count). The number of ether oxygens (including phenoxy) is 2. The first-order valence-corrected chi connectivity index (χ1v) is 5.97. The SMILES string of the molecule is C=C/C(=C\C=C/C)OCc1ccccc1C(=O)OC. The lowest BCUT2D eigenvalue weighted by molar-refractivity contribution is 0.0596. The van der Waals surface area contributed by atoms with Gasteiger partial charge in [0.05, 0.1) is 12.7 Å². The molecular weight excluding hydrogens is 240 g/mol. The molecule has 3 nitrogen and oxygen atoms in total. The number of hydrogen-bond acceptors (Lipinski definition) is 3. The molecule has 1 aromatic rings. The van der Waals surface area contributed by atoms with Crippen LogP contribution < -0.4 is 0 Å². The van der Waals surface area contributed by atoms with Gasteiger partial charge in [0.15, 0.2) is 0 Å². The first kappa shape index (κ1) is 14.8. The van der Waals surface area contributed by atoms with Crippen molar-refractivity contribution in [2.45, 2.75) is 13.5 Å². The molecule has 0 aliphatic carbocycles. The fourth-order valence-corrected chi connectivity index (χ4v) is 1.48. The van der Waals surface area contributed by atoms with Crippen LogP contribution in [0.4, 0.5) is 0 Å². The normalized spacial score (nSPS) is 11.4. The van der Waals surface area contributed by atoms with Gasteiger partial charge in [0, 0.05) is 5.56 Å². The van der Waals surface area contributed by atoms with Gasteiger partial charge in [0.2, 0.25) is 0 Å².